The number of amides is 1. The molecule has 0 N–H and O–H groups in total. The Balaban J connectivity index is 1.99. The number of methoxy groups -OCH3 is 1. The molecule has 1 saturated carbocycles. The lowest BCUT2D eigenvalue weighted by atomic mass is 9.85. The Labute approximate surface area is 118 Å². The summed E-state index contributed by atoms with van der Waals surface area (Å²) in [5.74, 6) is -0.459. The minimum Gasteiger partial charge on any atom is -0.468 e. The van der Waals surface area contributed by atoms with E-state index >= 15 is 0 Å². The van der Waals surface area contributed by atoms with E-state index in [-0.39, 0.29) is 23.8 Å². The second-order valence-corrected chi connectivity index (χ2v) is 5.53. The van der Waals surface area contributed by atoms with Crippen LogP contribution in [0.3, 0.4) is 0 Å². The fourth-order valence-corrected chi connectivity index (χ4v) is 2.93. The van der Waals surface area contributed by atoms with Crippen molar-refractivity contribution in [1.29, 1.82) is 0 Å². The lowest BCUT2D eigenvalue weighted by Gasteiger charge is -2.34. The first-order valence-corrected chi connectivity index (χ1v) is 6.73. The van der Waals surface area contributed by atoms with Gasteiger partial charge in [0.15, 0.2) is 0 Å². The minimum absolute atomic E-state index is 0.0275. The van der Waals surface area contributed by atoms with Crippen LogP contribution in [0, 0.1) is 0 Å². The van der Waals surface area contributed by atoms with Crippen LogP contribution in [0.1, 0.15) is 34.3 Å². The van der Waals surface area contributed by atoms with Gasteiger partial charge in [0.25, 0.3) is 5.91 Å². The van der Waals surface area contributed by atoms with Crippen LogP contribution < -0.4 is 0 Å². The molecule has 0 saturated heterocycles. The van der Waals surface area contributed by atoms with Gasteiger partial charge in [-0.25, -0.2) is 0 Å². The van der Waals surface area contributed by atoms with Crippen LogP contribution in [0.4, 0.5) is 0 Å². The van der Waals surface area contributed by atoms with E-state index in [4.69, 9.17) is 0 Å². The average molecular weight is 271 g/mol. The highest BCUT2D eigenvalue weighted by Crippen LogP contribution is 2.52. The molecule has 3 rings (SSSR count). The fraction of sp³-hybridized carbons (Fsp3) is 0.375. The van der Waals surface area contributed by atoms with Crippen LogP contribution in [0.15, 0.2) is 24.8 Å². The van der Waals surface area contributed by atoms with Gasteiger partial charge in [0, 0.05) is 17.5 Å². The zero-order valence-electron chi connectivity index (χ0n) is 11.5. The highest BCUT2D eigenvalue weighted by molar-refractivity contribution is 5.99. The van der Waals surface area contributed by atoms with Crippen LogP contribution in [-0.2, 0) is 14.9 Å². The summed E-state index contributed by atoms with van der Waals surface area (Å²) in [5.41, 5.74) is 2.89. The largest absolute Gasteiger partial charge is 0.468 e. The maximum Gasteiger partial charge on any atom is 0.325 e. The Morgan fingerprint density at radius 3 is 2.85 bits per heavy atom. The molecule has 1 aliphatic heterocycles. The molecule has 4 heteroatoms. The van der Waals surface area contributed by atoms with Gasteiger partial charge in [0.05, 0.1) is 7.11 Å². The van der Waals surface area contributed by atoms with E-state index in [9.17, 15) is 9.59 Å². The molecule has 104 valence electrons. The second-order valence-electron chi connectivity index (χ2n) is 5.53. The van der Waals surface area contributed by atoms with E-state index in [1.165, 1.54) is 7.11 Å². The molecule has 1 amide bonds. The fourth-order valence-electron chi connectivity index (χ4n) is 2.93. The van der Waals surface area contributed by atoms with Crippen molar-refractivity contribution < 1.29 is 14.3 Å². The quantitative estimate of drug-likeness (QED) is 0.790. The van der Waals surface area contributed by atoms with Gasteiger partial charge in [-0.1, -0.05) is 24.8 Å². The van der Waals surface area contributed by atoms with Crippen molar-refractivity contribution in [3.05, 3.63) is 41.5 Å². The zero-order valence-corrected chi connectivity index (χ0v) is 11.5. The Bertz CT molecular complexity index is 602. The highest BCUT2D eigenvalue weighted by Gasteiger charge is 2.51. The maximum atomic E-state index is 12.5. The van der Waals surface area contributed by atoms with E-state index in [2.05, 4.69) is 17.4 Å². The summed E-state index contributed by atoms with van der Waals surface area (Å²) in [6.45, 7) is 4.41. The van der Waals surface area contributed by atoms with Gasteiger partial charge in [-0.05, 0) is 30.0 Å². The third kappa shape index (κ3) is 1.92. The molecule has 1 aromatic rings. The number of fused-ring (bicyclic) bond motifs is 2. The topological polar surface area (TPSA) is 46.6 Å². The van der Waals surface area contributed by atoms with E-state index < -0.39 is 0 Å². The molecule has 20 heavy (non-hydrogen) atoms. The smallest absolute Gasteiger partial charge is 0.325 e. The molecule has 4 nitrogen and oxygen atoms in total. The predicted molar refractivity (Wildman–Crippen MR) is 75.4 cm³/mol. The number of rotatable bonds is 3. The zero-order chi connectivity index (χ0) is 14.3. The molecule has 2 aliphatic rings. The van der Waals surface area contributed by atoms with Gasteiger partial charge in [0.1, 0.15) is 6.54 Å². The van der Waals surface area contributed by atoms with E-state index in [1.54, 1.807) is 11.0 Å². The van der Waals surface area contributed by atoms with Crippen LogP contribution in [0.5, 0.6) is 0 Å². The Kier molecular flexibility index (Phi) is 2.89. The third-order valence-electron chi connectivity index (χ3n) is 4.26. The first-order valence-electron chi connectivity index (χ1n) is 6.73. The molecule has 0 unspecified atom stereocenters. The first kappa shape index (κ1) is 12.9. The number of benzene rings is 1. The normalized spacial score (nSPS) is 18.6. The number of carbonyl (C=O) groups is 2. The Morgan fingerprint density at radius 2 is 2.25 bits per heavy atom. The number of nitrogens with zero attached hydrogens (tertiary/aromatic N) is 1. The summed E-state index contributed by atoms with van der Waals surface area (Å²) in [6.07, 6.45) is 3.92. The first-order chi connectivity index (χ1) is 9.59. The molecule has 1 aliphatic carbocycles. The van der Waals surface area contributed by atoms with Gasteiger partial charge in [-0.2, -0.15) is 0 Å². The summed E-state index contributed by atoms with van der Waals surface area (Å²) < 4.78 is 4.67. The molecular weight excluding hydrogens is 254 g/mol. The minimum atomic E-state index is -0.375. The predicted octanol–water partition coefficient (Wildman–Crippen LogP) is 1.99. The van der Waals surface area contributed by atoms with Crippen molar-refractivity contribution in [3.8, 4) is 0 Å². The summed E-state index contributed by atoms with van der Waals surface area (Å²) >= 11 is 0. The van der Waals surface area contributed by atoms with E-state index in [0.29, 0.717) is 12.1 Å². The molecule has 1 heterocycles. The van der Waals surface area contributed by atoms with Gasteiger partial charge in [-0.3, -0.25) is 9.59 Å². The SMILES string of the molecule is C=Cc1ccc2c(c1)C1(CC1)CN(CC(=O)OC)C2=O. The second kappa shape index (κ2) is 4.47. The summed E-state index contributed by atoms with van der Waals surface area (Å²) in [5, 5.41) is 0. The van der Waals surface area contributed by atoms with Crippen LogP contribution in [0.2, 0.25) is 0 Å². The summed E-state index contributed by atoms with van der Waals surface area (Å²) in [4.78, 5) is 25.5. The van der Waals surface area contributed by atoms with Crippen molar-refractivity contribution in [2.75, 3.05) is 20.2 Å². The van der Waals surface area contributed by atoms with E-state index in [0.717, 1.165) is 24.0 Å². The van der Waals surface area contributed by atoms with Gasteiger partial charge >= 0.3 is 5.97 Å². The molecule has 0 radical (unpaired) electrons. The highest BCUT2D eigenvalue weighted by atomic mass is 16.5. The summed E-state index contributed by atoms with van der Waals surface area (Å²) in [6, 6.07) is 5.79. The molecule has 0 aromatic heterocycles. The average Bonchev–Trinajstić information content (AvgIpc) is 3.24. The molecule has 1 fully saturated rings. The lowest BCUT2D eigenvalue weighted by molar-refractivity contribution is -0.141. The maximum absolute atomic E-state index is 12.5. The number of carbonyl (C=O) groups excluding carboxylic acids is 2. The standard InChI is InChI=1S/C16H17NO3/c1-3-11-4-5-12-13(8-11)16(6-7-16)10-17(15(12)19)9-14(18)20-2/h3-5,8H,1,6-7,9-10H2,2H3. The monoisotopic (exact) mass is 271 g/mol. The molecule has 1 spiro atoms. The molecule has 0 atom stereocenters. The van der Waals surface area contributed by atoms with E-state index in [1.807, 2.05) is 12.1 Å². The van der Waals surface area contributed by atoms with Gasteiger partial charge < -0.3 is 9.64 Å². The number of esters is 1. The van der Waals surface area contributed by atoms with Crippen molar-refractivity contribution in [3.63, 3.8) is 0 Å². The third-order valence-corrected chi connectivity index (χ3v) is 4.26. The van der Waals surface area contributed by atoms with Crippen LogP contribution in [0.25, 0.3) is 6.08 Å². The summed E-state index contributed by atoms with van der Waals surface area (Å²) in [7, 11) is 1.34. The number of ether oxygens (including phenoxy) is 1. The van der Waals surface area contributed by atoms with Crippen LogP contribution >= 0.6 is 0 Å². The number of hydrogen-bond acceptors (Lipinski definition) is 3. The van der Waals surface area contributed by atoms with Gasteiger partial charge in [0.2, 0.25) is 0 Å². The van der Waals surface area contributed by atoms with Crippen molar-refractivity contribution >= 4 is 18.0 Å². The van der Waals surface area contributed by atoms with Crippen molar-refractivity contribution in [2.24, 2.45) is 0 Å². The number of hydrogen-bond donors (Lipinski definition) is 0. The van der Waals surface area contributed by atoms with Gasteiger partial charge in [-0.15, -0.1) is 0 Å². The molecule has 1 aromatic carbocycles. The lowest BCUT2D eigenvalue weighted by Crippen LogP contribution is -2.46. The molecular formula is C16H17NO3. The Hall–Kier alpha value is -2.10. The Morgan fingerprint density at radius 1 is 1.50 bits per heavy atom. The van der Waals surface area contributed by atoms with Crippen LogP contribution in [-0.4, -0.2) is 37.0 Å². The van der Waals surface area contributed by atoms with Crippen molar-refractivity contribution in [2.45, 2.75) is 18.3 Å². The van der Waals surface area contributed by atoms with Crippen molar-refractivity contribution in [1.82, 2.24) is 4.90 Å². The molecule has 0 bridgehead atoms.